The van der Waals surface area contributed by atoms with Crippen molar-refractivity contribution >= 4 is 22.6 Å². The first-order chi connectivity index (χ1) is 11.8. The molecule has 2 aliphatic rings. The number of aromatic nitrogens is 1. The summed E-state index contributed by atoms with van der Waals surface area (Å²) in [5.41, 5.74) is 1.54. The highest BCUT2D eigenvalue weighted by Gasteiger charge is 2.31. The second-order valence-corrected chi connectivity index (χ2v) is 6.57. The van der Waals surface area contributed by atoms with E-state index in [1.807, 2.05) is 30.3 Å². The molecule has 0 saturated carbocycles. The van der Waals surface area contributed by atoms with Gasteiger partial charge < -0.3 is 9.80 Å². The number of hydrogen-bond donors (Lipinski definition) is 0. The van der Waals surface area contributed by atoms with Crippen LogP contribution in [0.2, 0.25) is 0 Å². The van der Waals surface area contributed by atoms with Crippen LogP contribution in [0.3, 0.4) is 0 Å². The number of para-hydroxylation sites is 1. The second-order valence-electron chi connectivity index (χ2n) is 6.57. The van der Waals surface area contributed by atoms with Crippen molar-refractivity contribution in [2.45, 2.75) is 31.7 Å². The van der Waals surface area contributed by atoms with E-state index in [0.29, 0.717) is 23.9 Å². The molecule has 0 radical (unpaired) electrons. The summed E-state index contributed by atoms with van der Waals surface area (Å²) >= 11 is 0. The molecular weight excluding hydrogens is 300 g/mol. The van der Waals surface area contributed by atoms with E-state index in [9.17, 15) is 10.1 Å². The fraction of sp³-hybridized carbons (Fsp3) is 0.421. The first-order valence-electron chi connectivity index (χ1n) is 8.60. The first kappa shape index (κ1) is 14.9. The van der Waals surface area contributed by atoms with Gasteiger partial charge in [0.1, 0.15) is 5.82 Å². The van der Waals surface area contributed by atoms with Crippen molar-refractivity contribution in [2.24, 2.45) is 0 Å². The molecule has 24 heavy (non-hydrogen) atoms. The van der Waals surface area contributed by atoms with Gasteiger partial charge in [-0.25, -0.2) is 4.98 Å². The molecule has 122 valence electrons. The number of likely N-dealkylation sites (tertiary alicyclic amines) is 1. The Morgan fingerprint density at radius 1 is 1.17 bits per heavy atom. The number of anilines is 1. The molecular formula is C19H20N4O. The van der Waals surface area contributed by atoms with Gasteiger partial charge in [0.25, 0.3) is 0 Å². The summed E-state index contributed by atoms with van der Waals surface area (Å²) in [6.07, 6.45) is 3.65. The molecule has 1 aromatic heterocycles. The van der Waals surface area contributed by atoms with Crippen LogP contribution in [0.5, 0.6) is 0 Å². The number of piperidine rings is 1. The highest BCUT2D eigenvalue weighted by molar-refractivity contribution is 5.86. The third kappa shape index (κ3) is 2.58. The van der Waals surface area contributed by atoms with Crippen LogP contribution in [0.1, 0.15) is 31.2 Å². The SMILES string of the molecule is N#Cc1cc(N2CCC(N3CCCC3=O)CC2)nc2ccccc12. The number of nitriles is 1. The number of carbonyl (C=O) groups excluding carboxylic acids is 1. The minimum Gasteiger partial charge on any atom is -0.356 e. The molecule has 1 aromatic carbocycles. The van der Waals surface area contributed by atoms with Crippen molar-refractivity contribution in [3.8, 4) is 6.07 Å². The van der Waals surface area contributed by atoms with Crippen LogP contribution in [0, 0.1) is 11.3 Å². The maximum atomic E-state index is 11.9. The molecule has 0 atom stereocenters. The van der Waals surface area contributed by atoms with E-state index in [2.05, 4.69) is 15.9 Å². The number of benzene rings is 1. The van der Waals surface area contributed by atoms with Gasteiger partial charge in [-0.05, 0) is 31.4 Å². The lowest BCUT2D eigenvalue weighted by molar-refractivity contribution is -0.130. The topological polar surface area (TPSA) is 60.2 Å². The van der Waals surface area contributed by atoms with Crippen molar-refractivity contribution in [3.05, 3.63) is 35.9 Å². The molecule has 5 nitrogen and oxygen atoms in total. The zero-order valence-electron chi connectivity index (χ0n) is 13.6. The van der Waals surface area contributed by atoms with Crippen LogP contribution in [0.25, 0.3) is 10.9 Å². The van der Waals surface area contributed by atoms with E-state index in [1.54, 1.807) is 0 Å². The van der Waals surface area contributed by atoms with Crippen LogP contribution in [0.15, 0.2) is 30.3 Å². The Morgan fingerprint density at radius 2 is 1.96 bits per heavy atom. The van der Waals surface area contributed by atoms with Crippen molar-refractivity contribution in [1.29, 1.82) is 5.26 Å². The van der Waals surface area contributed by atoms with E-state index in [4.69, 9.17) is 4.98 Å². The summed E-state index contributed by atoms with van der Waals surface area (Å²) in [6, 6.07) is 12.3. The molecule has 2 saturated heterocycles. The van der Waals surface area contributed by atoms with E-state index < -0.39 is 0 Å². The zero-order chi connectivity index (χ0) is 16.5. The van der Waals surface area contributed by atoms with Gasteiger partial charge in [0, 0.05) is 37.5 Å². The standard InChI is InChI=1S/C19H20N4O/c20-13-14-12-18(21-17-5-2-1-4-16(14)17)22-10-7-15(8-11-22)23-9-3-6-19(23)24/h1-2,4-5,12,15H,3,6-11H2. The van der Waals surface area contributed by atoms with Crippen LogP contribution in [-0.2, 0) is 4.79 Å². The van der Waals surface area contributed by atoms with Crippen LogP contribution < -0.4 is 4.90 Å². The first-order valence-corrected chi connectivity index (χ1v) is 8.60. The number of fused-ring (bicyclic) bond motifs is 1. The van der Waals surface area contributed by atoms with Crippen LogP contribution in [-0.4, -0.2) is 41.5 Å². The Balaban J connectivity index is 1.54. The number of rotatable bonds is 2. The molecule has 3 heterocycles. The molecule has 0 bridgehead atoms. The summed E-state index contributed by atoms with van der Waals surface area (Å²) in [5.74, 6) is 1.18. The smallest absolute Gasteiger partial charge is 0.222 e. The van der Waals surface area contributed by atoms with Crippen molar-refractivity contribution in [3.63, 3.8) is 0 Å². The lowest BCUT2D eigenvalue weighted by Crippen LogP contribution is -2.45. The molecule has 5 heteroatoms. The number of nitrogens with zero attached hydrogens (tertiary/aromatic N) is 4. The Morgan fingerprint density at radius 3 is 2.67 bits per heavy atom. The third-order valence-corrected chi connectivity index (χ3v) is 5.16. The molecule has 2 fully saturated rings. The lowest BCUT2D eigenvalue weighted by atomic mass is 10.0. The molecule has 0 unspecified atom stereocenters. The average molecular weight is 320 g/mol. The molecule has 4 rings (SSSR count). The Hall–Kier alpha value is -2.61. The minimum absolute atomic E-state index is 0.309. The summed E-state index contributed by atoms with van der Waals surface area (Å²) < 4.78 is 0. The maximum Gasteiger partial charge on any atom is 0.222 e. The van der Waals surface area contributed by atoms with E-state index in [-0.39, 0.29) is 0 Å². The van der Waals surface area contributed by atoms with Gasteiger partial charge in [0.2, 0.25) is 5.91 Å². The second kappa shape index (κ2) is 6.12. The number of amides is 1. The molecule has 2 aromatic rings. The van der Waals surface area contributed by atoms with E-state index in [1.165, 1.54) is 0 Å². The fourth-order valence-corrected chi connectivity index (χ4v) is 3.88. The molecule has 2 aliphatic heterocycles. The lowest BCUT2D eigenvalue weighted by Gasteiger charge is -2.37. The number of carbonyl (C=O) groups is 1. The Kier molecular flexibility index (Phi) is 3.81. The zero-order valence-corrected chi connectivity index (χ0v) is 13.6. The highest BCUT2D eigenvalue weighted by atomic mass is 16.2. The Labute approximate surface area is 141 Å². The molecule has 1 amide bonds. The highest BCUT2D eigenvalue weighted by Crippen LogP contribution is 2.27. The summed E-state index contributed by atoms with van der Waals surface area (Å²) in [4.78, 5) is 21.0. The van der Waals surface area contributed by atoms with Gasteiger partial charge in [0.15, 0.2) is 0 Å². The predicted molar refractivity (Wildman–Crippen MR) is 92.6 cm³/mol. The number of hydrogen-bond acceptors (Lipinski definition) is 4. The summed E-state index contributed by atoms with van der Waals surface area (Å²) in [6.45, 7) is 2.67. The summed E-state index contributed by atoms with van der Waals surface area (Å²) in [5, 5.41) is 10.3. The largest absolute Gasteiger partial charge is 0.356 e. The van der Waals surface area contributed by atoms with Gasteiger partial charge in [-0.3, -0.25) is 4.79 Å². The quantitative estimate of drug-likeness (QED) is 0.853. The van der Waals surface area contributed by atoms with Gasteiger partial charge in [-0.15, -0.1) is 0 Å². The maximum absolute atomic E-state index is 11.9. The Bertz CT molecular complexity index is 818. The van der Waals surface area contributed by atoms with Gasteiger partial charge >= 0.3 is 0 Å². The van der Waals surface area contributed by atoms with Crippen LogP contribution in [0.4, 0.5) is 5.82 Å². The average Bonchev–Trinajstić information content (AvgIpc) is 3.07. The molecule has 0 spiro atoms. The van der Waals surface area contributed by atoms with Crippen molar-refractivity contribution in [2.75, 3.05) is 24.5 Å². The van der Waals surface area contributed by atoms with Gasteiger partial charge in [0.05, 0.1) is 17.1 Å². The van der Waals surface area contributed by atoms with Crippen molar-refractivity contribution in [1.82, 2.24) is 9.88 Å². The van der Waals surface area contributed by atoms with Gasteiger partial charge in [-0.1, -0.05) is 18.2 Å². The van der Waals surface area contributed by atoms with E-state index >= 15 is 0 Å². The van der Waals surface area contributed by atoms with Gasteiger partial charge in [-0.2, -0.15) is 5.26 Å². The fourth-order valence-electron chi connectivity index (χ4n) is 3.88. The molecule has 0 N–H and O–H groups in total. The number of pyridine rings is 1. The third-order valence-electron chi connectivity index (χ3n) is 5.16. The molecule has 0 aliphatic carbocycles. The van der Waals surface area contributed by atoms with E-state index in [0.717, 1.165) is 55.6 Å². The van der Waals surface area contributed by atoms with Crippen molar-refractivity contribution < 1.29 is 4.79 Å². The van der Waals surface area contributed by atoms with Crippen LogP contribution >= 0.6 is 0 Å². The predicted octanol–water partition coefficient (Wildman–Crippen LogP) is 2.70. The normalized spacial score (nSPS) is 19.0. The summed E-state index contributed by atoms with van der Waals surface area (Å²) in [7, 11) is 0. The minimum atomic E-state index is 0.309. The monoisotopic (exact) mass is 320 g/mol.